The molecule has 0 spiro atoms. The van der Waals surface area contributed by atoms with Crippen molar-refractivity contribution in [1.82, 2.24) is 4.98 Å². The van der Waals surface area contributed by atoms with E-state index in [9.17, 15) is 9.18 Å². The summed E-state index contributed by atoms with van der Waals surface area (Å²) in [6.07, 6.45) is 2.16. The summed E-state index contributed by atoms with van der Waals surface area (Å²) in [5.41, 5.74) is 0.761. The molecule has 17 heavy (non-hydrogen) atoms. The third-order valence-corrected chi connectivity index (χ3v) is 2.94. The molecule has 0 saturated heterocycles. The van der Waals surface area contributed by atoms with E-state index in [1.165, 1.54) is 12.1 Å². The molecule has 2 N–H and O–H groups in total. The van der Waals surface area contributed by atoms with Crippen LogP contribution in [0.1, 0.15) is 19.4 Å². The molecule has 3 nitrogen and oxygen atoms in total. The number of aromatic nitrogens is 1. The van der Waals surface area contributed by atoms with Gasteiger partial charge in [0.25, 0.3) is 0 Å². The summed E-state index contributed by atoms with van der Waals surface area (Å²) in [5.74, 6) is -1.14. The monoisotopic (exact) mass is 235 g/mol. The van der Waals surface area contributed by atoms with Crippen LogP contribution in [-0.2, 0) is 11.2 Å². The average Bonchev–Trinajstić information content (AvgIpc) is 2.60. The van der Waals surface area contributed by atoms with Gasteiger partial charge in [0.2, 0.25) is 0 Å². The Kier molecular flexibility index (Phi) is 2.65. The van der Waals surface area contributed by atoms with Crippen molar-refractivity contribution in [1.29, 1.82) is 0 Å². The van der Waals surface area contributed by atoms with Gasteiger partial charge in [-0.25, -0.2) is 4.39 Å². The topological polar surface area (TPSA) is 53.1 Å². The van der Waals surface area contributed by atoms with Crippen molar-refractivity contribution in [3.05, 3.63) is 35.8 Å². The van der Waals surface area contributed by atoms with Crippen molar-refractivity contribution in [2.24, 2.45) is 5.41 Å². The lowest BCUT2D eigenvalue weighted by molar-refractivity contribution is -0.146. The molecule has 90 valence electrons. The lowest BCUT2D eigenvalue weighted by Gasteiger charge is -2.18. The van der Waals surface area contributed by atoms with Gasteiger partial charge in [-0.2, -0.15) is 0 Å². The van der Waals surface area contributed by atoms with Crippen LogP contribution in [0.5, 0.6) is 0 Å². The third-order valence-electron chi connectivity index (χ3n) is 2.94. The van der Waals surface area contributed by atoms with Crippen LogP contribution < -0.4 is 0 Å². The van der Waals surface area contributed by atoms with E-state index in [0.717, 1.165) is 10.9 Å². The summed E-state index contributed by atoms with van der Waals surface area (Å²) >= 11 is 0. The number of rotatable bonds is 3. The van der Waals surface area contributed by atoms with Crippen LogP contribution >= 0.6 is 0 Å². The highest BCUT2D eigenvalue weighted by atomic mass is 19.1. The van der Waals surface area contributed by atoms with Crippen LogP contribution in [0.25, 0.3) is 10.9 Å². The molecule has 1 heterocycles. The molecule has 2 aromatic rings. The summed E-state index contributed by atoms with van der Waals surface area (Å²) in [5, 5.41) is 9.96. The van der Waals surface area contributed by atoms with E-state index in [0.29, 0.717) is 11.9 Å². The van der Waals surface area contributed by atoms with Crippen molar-refractivity contribution in [3.63, 3.8) is 0 Å². The van der Waals surface area contributed by atoms with Crippen molar-refractivity contribution in [3.8, 4) is 0 Å². The van der Waals surface area contributed by atoms with Crippen LogP contribution in [0.3, 0.4) is 0 Å². The molecule has 0 amide bonds. The van der Waals surface area contributed by atoms with Gasteiger partial charge >= 0.3 is 5.97 Å². The number of aliphatic carboxylic acids is 1. The van der Waals surface area contributed by atoms with Gasteiger partial charge in [0.15, 0.2) is 0 Å². The van der Waals surface area contributed by atoms with Gasteiger partial charge in [-0.3, -0.25) is 4.79 Å². The second kappa shape index (κ2) is 3.87. The molecule has 0 aliphatic heterocycles. The number of carboxylic acids is 1. The average molecular weight is 235 g/mol. The van der Waals surface area contributed by atoms with Crippen LogP contribution in [0.2, 0.25) is 0 Å². The maximum absolute atomic E-state index is 13.0. The second-order valence-electron chi connectivity index (χ2n) is 4.87. The predicted molar refractivity (Wildman–Crippen MR) is 63.4 cm³/mol. The summed E-state index contributed by atoms with van der Waals surface area (Å²) in [4.78, 5) is 14.0. The van der Waals surface area contributed by atoms with Crippen LogP contribution in [-0.4, -0.2) is 16.1 Å². The SMILES string of the molecule is CC(C)(Cc1c[nH]c2cc(F)ccc12)C(=O)O. The van der Waals surface area contributed by atoms with Crippen molar-refractivity contribution >= 4 is 16.9 Å². The zero-order chi connectivity index (χ0) is 12.6. The first-order chi connectivity index (χ1) is 7.90. The number of benzene rings is 1. The van der Waals surface area contributed by atoms with Gasteiger partial charge < -0.3 is 10.1 Å². The van der Waals surface area contributed by atoms with E-state index >= 15 is 0 Å². The first-order valence-corrected chi connectivity index (χ1v) is 5.39. The number of halogens is 1. The van der Waals surface area contributed by atoms with Gasteiger partial charge in [-0.05, 0) is 44.0 Å². The molecule has 0 unspecified atom stereocenters. The van der Waals surface area contributed by atoms with E-state index in [4.69, 9.17) is 5.11 Å². The molecular weight excluding hydrogens is 221 g/mol. The summed E-state index contributed by atoms with van der Waals surface area (Å²) in [7, 11) is 0. The Morgan fingerprint density at radius 1 is 1.47 bits per heavy atom. The molecule has 1 aromatic carbocycles. The first-order valence-electron chi connectivity index (χ1n) is 5.39. The summed E-state index contributed by atoms with van der Waals surface area (Å²) in [6.45, 7) is 3.36. The lowest BCUT2D eigenvalue weighted by atomic mass is 9.86. The standard InChI is InChI=1S/C13H14FNO2/c1-13(2,12(16)17)6-8-7-15-11-5-9(14)3-4-10(8)11/h3-5,7,15H,6H2,1-2H3,(H,16,17). The fourth-order valence-corrected chi connectivity index (χ4v) is 1.86. The van der Waals surface area contributed by atoms with E-state index in [2.05, 4.69) is 4.98 Å². The van der Waals surface area contributed by atoms with Gasteiger partial charge in [0, 0.05) is 17.1 Å². The smallest absolute Gasteiger partial charge is 0.309 e. The first kappa shape index (κ1) is 11.6. The highest BCUT2D eigenvalue weighted by Crippen LogP contribution is 2.27. The van der Waals surface area contributed by atoms with Crippen molar-refractivity contribution in [2.75, 3.05) is 0 Å². The molecule has 0 radical (unpaired) electrons. The van der Waals surface area contributed by atoms with E-state index < -0.39 is 11.4 Å². The van der Waals surface area contributed by atoms with Crippen LogP contribution in [0.15, 0.2) is 24.4 Å². The molecule has 0 atom stereocenters. The zero-order valence-electron chi connectivity index (χ0n) is 9.75. The number of fused-ring (bicyclic) bond motifs is 1. The van der Waals surface area contributed by atoms with Crippen molar-refractivity contribution < 1.29 is 14.3 Å². The lowest BCUT2D eigenvalue weighted by Crippen LogP contribution is -2.26. The van der Waals surface area contributed by atoms with Gasteiger partial charge in [0.05, 0.1) is 5.41 Å². The van der Waals surface area contributed by atoms with E-state index in [1.807, 2.05) is 0 Å². The fraction of sp³-hybridized carbons (Fsp3) is 0.308. The minimum Gasteiger partial charge on any atom is -0.481 e. The highest BCUT2D eigenvalue weighted by Gasteiger charge is 2.28. The number of hydrogen-bond donors (Lipinski definition) is 2. The Bertz CT molecular complexity index is 572. The van der Waals surface area contributed by atoms with Crippen molar-refractivity contribution in [2.45, 2.75) is 20.3 Å². The number of aromatic amines is 1. The Hall–Kier alpha value is -1.84. The quantitative estimate of drug-likeness (QED) is 0.859. The van der Waals surface area contributed by atoms with Gasteiger partial charge in [0.1, 0.15) is 5.82 Å². The molecule has 2 rings (SSSR count). The number of carboxylic acid groups (broad SMARTS) is 1. The Labute approximate surface area is 98.3 Å². The van der Waals surface area contributed by atoms with E-state index in [1.54, 1.807) is 26.1 Å². The molecule has 4 heteroatoms. The molecule has 0 saturated carbocycles. The summed E-state index contributed by atoms with van der Waals surface area (Å²) < 4.78 is 13.0. The zero-order valence-corrected chi connectivity index (χ0v) is 9.75. The normalized spacial score (nSPS) is 11.9. The highest BCUT2D eigenvalue weighted by molar-refractivity contribution is 5.84. The molecule has 0 aliphatic carbocycles. The fourth-order valence-electron chi connectivity index (χ4n) is 1.86. The summed E-state index contributed by atoms with van der Waals surface area (Å²) in [6, 6.07) is 4.47. The molecular formula is C13H14FNO2. The second-order valence-corrected chi connectivity index (χ2v) is 4.87. The third kappa shape index (κ3) is 2.16. The molecule has 0 fully saturated rings. The van der Waals surface area contributed by atoms with Gasteiger partial charge in [-0.15, -0.1) is 0 Å². The van der Waals surface area contributed by atoms with Crippen LogP contribution in [0, 0.1) is 11.2 Å². The number of carbonyl (C=O) groups is 1. The minimum atomic E-state index is -0.839. The van der Waals surface area contributed by atoms with Gasteiger partial charge in [-0.1, -0.05) is 0 Å². The number of H-pyrrole nitrogens is 1. The maximum Gasteiger partial charge on any atom is 0.309 e. The van der Waals surface area contributed by atoms with Crippen LogP contribution in [0.4, 0.5) is 4.39 Å². The maximum atomic E-state index is 13.0. The Morgan fingerprint density at radius 3 is 2.82 bits per heavy atom. The molecule has 1 aromatic heterocycles. The molecule has 0 aliphatic rings. The number of nitrogens with one attached hydrogen (secondary N) is 1. The van der Waals surface area contributed by atoms with E-state index in [-0.39, 0.29) is 5.82 Å². The Morgan fingerprint density at radius 2 is 2.18 bits per heavy atom. The number of hydrogen-bond acceptors (Lipinski definition) is 1. The largest absolute Gasteiger partial charge is 0.481 e. The molecule has 0 bridgehead atoms. The Balaban J connectivity index is 2.41. The minimum absolute atomic E-state index is 0.302. The predicted octanol–water partition coefficient (Wildman–Crippen LogP) is 2.96.